The molecule has 0 aliphatic rings. The van der Waals surface area contributed by atoms with Crippen LogP contribution in [0.15, 0.2) is 48.5 Å². The predicted octanol–water partition coefficient (Wildman–Crippen LogP) is 5.33. The molecule has 0 amide bonds. The second-order valence-electron chi connectivity index (χ2n) is 5.96. The maximum absolute atomic E-state index is 13.5. The number of anilines is 2. The minimum atomic E-state index is -5.22. The molecule has 0 spiro atoms. The van der Waals surface area contributed by atoms with E-state index >= 15 is 0 Å². The molecule has 0 heterocycles. The first-order chi connectivity index (χ1) is 14.0. The van der Waals surface area contributed by atoms with Crippen LogP contribution in [0.25, 0.3) is 10.8 Å². The van der Waals surface area contributed by atoms with Gasteiger partial charge in [-0.2, -0.15) is 13.2 Å². The van der Waals surface area contributed by atoms with Gasteiger partial charge in [-0.3, -0.25) is 30.3 Å². The molecule has 10 nitrogen and oxygen atoms in total. The molecule has 3 aromatic rings. The van der Waals surface area contributed by atoms with Gasteiger partial charge in [0.1, 0.15) is 11.4 Å². The van der Waals surface area contributed by atoms with Crippen LogP contribution in [0.5, 0.6) is 0 Å². The number of hydrogen-bond acceptors (Lipinski definition) is 7. The molecule has 0 aliphatic heterocycles. The van der Waals surface area contributed by atoms with Gasteiger partial charge in [0.15, 0.2) is 0 Å². The van der Waals surface area contributed by atoms with Crippen molar-refractivity contribution in [2.75, 3.05) is 5.32 Å². The summed E-state index contributed by atoms with van der Waals surface area (Å²) < 4.78 is 40.6. The van der Waals surface area contributed by atoms with E-state index in [0.717, 1.165) is 6.07 Å². The summed E-state index contributed by atoms with van der Waals surface area (Å²) in [5.74, 6) is 0. The van der Waals surface area contributed by atoms with Crippen molar-refractivity contribution < 1.29 is 27.9 Å². The smallest absolute Gasteiger partial charge is 0.344 e. The number of nitrogens with zero attached hydrogens (tertiary/aromatic N) is 3. The van der Waals surface area contributed by atoms with Crippen LogP contribution in [0.2, 0.25) is 0 Å². The molecular formula is C17H9F3N4O6. The minimum absolute atomic E-state index is 0.0885. The van der Waals surface area contributed by atoms with E-state index in [1.54, 1.807) is 12.1 Å². The van der Waals surface area contributed by atoms with Gasteiger partial charge in [0.05, 0.1) is 31.8 Å². The highest BCUT2D eigenvalue weighted by Crippen LogP contribution is 2.45. The maximum atomic E-state index is 13.5. The van der Waals surface area contributed by atoms with Crippen molar-refractivity contribution >= 4 is 39.2 Å². The van der Waals surface area contributed by atoms with Crippen molar-refractivity contribution in [3.05, 3.63) is 84.4 Å². The van der Waals surface area contributed by atoms with Gasteiger partial charge in [-0.15, -0.1) is 0 Å². The third-order valence-electron chi connectivity index (χ3n) is 4.16. The number of alkyl halides is 3. The van der Waals surface area contributed by atoms with Gasteiger partial charge < -0.3 is 5.32 Å². The lowest BCUT2D eigenvalue weighted by Gasteiger charge is -2.15. The van der Waals surface area contributed by atoms with Crippen molar-refractivity contribution in [3.8, 4) is 0 Å². The number of rotatable bonds is 5. The number of benzene rings is 3. The predicted molar refractivity (Wildman–Crippen MR) is 98.6 cm³/mol. The quantitative estimate of drug-likeness (QED) is 0.433. The molecule has 3 rings (SSSR count). The Bertz CT molecular complexity index is 1210. The fourth-order valence-electron chi connectivity index (χ4n) is 2.90. The van der Waals surface area contributed by atoms with Crippen LogP contribution in [-0.4, -0.2) is 14.8 Å². The number of hydrogen-bond donors (Lipinski definition) is 1. The summed E-state index contributed by atoms with van der Waals surface area (Å²) in [4.78, 5) is 30.6. The van der Waals surface area contributed by atoms with E-state index in [2.05, 4.69) is 5.32 Å². The Morgan fingerprint density at radius 3 is 2.07 bits per heavy atom. The summed E-state index contributed by atoms with van der Waals surface area (Å²) in [6.45, 7) is 0. The molecule has 0 aromatic heterocycles. The second-order valence-corrected chi connectivity index (χ2v) is 5.96. The fourth-order valence-corrected chi connectivity index (χ4v) is 2.90. The first kappa shape index (κ1) is 20.4. The molecule has 1 N–H and O–H groups in total. The molecule has 30 heavy (non-hydrogen) atoms. The van der Waals surface area contributed by atoms with Crippen molar-refractivity contribution in [1.82, 2.24) is 0 Å². The largest absolute Gasteiger partial charge is 0.418 e. The van der Waals surface area contributed by atoms with E-state index in [-0.39, 0.29) is 11.5 Å². The Morgan fingerprint density at radius 2 is 1.50 bits per heavy atom. The summed E-state index contributed by atoms with van der Waals surface area (Å²) in [6, 6.07) is 8.96. The van der Waals surface area contributed by atoms with Gasteiger partial charge in [0.2, 0.25) is 0 Å². The van der Waals surface area contributed by atoms with Gasteiger partial charge in [-0.05, 0) is 17.5 Å². The Morgan fingerprint density at radius 1 is 0.833 bits per heavy atom. The Labute approximate surface area is 164 Å². The molecule has 0 radical (unpaired) electrons. The lowest BCUT2D eigenvalue weighted by molar-refractivity contribution is -0.394. The summed E-state index contributed by atoms with van der Waals surface area (Å²) in [5, 5.41) is 36.5. The average Bonchev–Trinajstić information content (AvgIpc) is 2.66. The molecule has 0 unspecified atom stereocenters. The second kappa shape index (κ2) is 7.27. The first-order valence-corrected chi connectivity index (χ1v) is 7.98. The Hall–Kier alpha value is -4.29. The molecule has 0 atom stereocenters. The van der Waals surface area contributed by atoms with Gasteiger partial charge in [-0.25, -0.2) is 0 Å². The molecule has 0 aliphatic carbocycles. The van der Waals surface area contributed by atoms with E-state index in [4.69, 9.17) is 0 Å². The van der Waals surface area contributed by atoms with E-state index in [0.29, 0.717) is 11.5 Å². The summed E-state index contributed by atoms with van der Waals surface area (Å²) in [5.41, 5.74) is -6.29. The summed E-state index contributed by atoms with van der Waals surface area (Å²) >= 11 is 0. The topological polar surface area (TPSA) is 141 Å². The fraction of sp³-hybridized carbons (Fsp3) is 0.0588. The Balaban J connectivity index is 2.32. The normalized spacial score (nSPS) is 11.3. The number of non-ortho nitro benzene ring substituents is 1. The van der Waals surface area contributed by atoms with E-state index in [1.165, 1.54) is 18.2 Å². The highest BCUT2D eigenvalue weighted by molar-refractivity contribution is 5.98. The van der Waals surface area contributed by atoms with Crippen LogP contribution in [-0.2, 0) is 6.18 Å². The van der Waals surface area contributed by atoms with E-state index in [1.807, 2.05) is 0 Å². The Kier molecular flexibility index (Phi) is 4.95. The number of halogens is 3. The van der Waals surface area contributed by atoms with Crippen LogP contribution >= 0.6 is 0 Å². The average molecular weight is 422 g/mol. The highest BCUT2D eigenvalue weighted by atomic mass is 19.4. The maximum Gasteiger partial charge on any atom is 0.418 e. The van der Waals surface area contributed by atoms with E-state index in [9.17, 15) is 43.5 Å². The van der Waals surface area contributed by atoms with Crippen molar-refractivity contribution in [1.29, 1.82) is 0 Å². The van der Waals surface area contributed by atoms with Crippen molar-refractivity contribution in [2.45, 2.75) is 6.18 Å². The van der Waals surface area contributed by atoms with Crippen LogP contribution in [0, 0.1) is 30.3 Å². The SMILES string of the molecule is O=[N+]([O-])c1cc([N+](=O)[O-])c(Nc2ccc3ccccc3c2[N+](=O)[O-])c(C(F)(F)F)c1. The molecule has 0 bridgehead atoms. The number of fused-ring (bicyclic) bond motifs is 1. The minimum Gasteiger partial charge on any atom is -0.344 e. The summed E-state index contributed by atoms with van der Waals surface area (Å²) in [7, 11) is 0. The van der Waals surface area contributed by atoms with Crippen LogP contribution < -0.4 is 5.32 Å². The zero-order valence-corrected chi connectivity index (χ0v) is 14.5. The third kappa shape index (κ3) is 3.67. The van der Waals surface area contributed by atoms with Gasteiger partial charge in [0, 0.05) is 6.07 Å². The molecular weight excluding hydrogens is 413 g/mol. The lowest BCUT2D eigenvalue weighted by Crippen LogP contribution is -2.12. The standard InChI is InChI=1S/C17H9F3N4O6/c18-17(19,20)12-7-10(22(25)26)8-14(23(27)28)15(12)21-13-6-5-9-3-1-2-4-11(9)16(13)24(29)30/h1-8,21H. The third-order valence-corrected chi connectivity index (χ3v) is 4.16. The first-order valence-electron chi connectivity index (χ1n) is 7.98. The number of nitro benzene ring substituents is 3. The lowest BCUT2D eigenvalue weighted by atomic mass is 10.1. The number of nitrogens with one attached hydrogen (secondary N) is 1. The van der Waals surface area contributed by atoms with Crippen molar-refractivity contribution in [2.24, 2.45) is 0 Å². The monoisotopic (exact) mass is 422 g/mol. The molecule has 0 saturated carbocycles. The van der Waals surface area contributed by atoms with Crippen LogP contribution in [0.4, 0.5) is 41.6 Å². The zero-order chi connectivity index (χ0) is 22.2. The molecule has 13 heteroatoms. The summed E-state index contributed by atoms with van der Waals surface area (Å²) in [6.07, 6.45) is -5.22. The highest BCUT2D eigenvalue weighted by Gasteiger charge is 2.40. The molecule has 0 fully saturated rings. The zero-order valence-electron chi connectivity index (χ0n) is 14.5. The molecule has 3 aromatic carbocycles. The number of nitro groups is 3. The van der Waals surface area contributed by atoms with Crippen LogP contribution in [0.3, 0.4) is 0 Å². The van der Waals surface area contributed by atoms with Gasteiger partial charge >= 0.3 is 6.18 Å². The van der Waals surface area contributed by atoms with Crippen LogP contribution in [0.1, 0.15) is 5.56 Å². The molecule has 0 saturated heterocycles. The van der Waals surface area contributed by atoms with E-state index < -0.39 is 54.9 Å². The molecule has 154 valence electrons. The van der Waals surface area contributed by atoms with Crippen molar-refractivity contribution in [3.63, 3.8) is 0 Å². The van der Waals surface area contributed by atoms with Gasteiger partial charge in [0.25, 0.3) is 17.1 Å². The van der Waals surface area contributed by atoms with Gasteiger partial charge in [-0.1, -0.05) is 24.3 Å².